The number of aromatic nitrogens is 2. The third-order valence-electron chi connectivity index (χ3n) is 2.13. The van der Waals surface area contributed by atoms with Crippen LogP contribution in [0.4, 0.5) is 6.01 Å². The number of nitrogens with zero attached hydrogens (tertiary/aromatic N) is 2. The lowest BCUT2D eigenvalue weighted by Gasteiger charge is -2.04. The van der Waals surface area contributed by atoms with Crippen LogP contribution in [-0.2, 0) is 6.54 Å². The number of hydrogen-bond donors (Lipinski definition) is 2. The van der Waals surface area contributed by atoms with E-state index in [0.29, 0.717) is 30.4 Å². The van der Waals surface area contributed by atoms with E-state index in [-0.39, 0.29) is 0 Å². The molecule has 0 aliphatic rings. The first-order valence-corrected chi connectivity index (χ1v) is 5.87. The summed E-state index contributed by atoms with van der Waals surface area (Å²) in [5.41, 5.74) is 0. The smallest absolute Gasteiger partial charge is 0.315 e. The zero-order valence-corrected chi connectivity index (χ0v) is 10.6. The third kappa shape index (κ3) is 5.11. The van der Waals surface area contributed by atoms with Crippen LogP contribution in [0.15, 0.2) is 4.42 Å². The zero-order chi connectivity index (χ0) is 12.0. The molecule has 2 N–H and O–H groups in total. The molecular weight excluding hydrogens is 204 g/mol. The first kappa shape index (κ1) is 13.0. The Balaban J connectivity index is 2.28. The van der Waals surface area contributed by atoms with Crippen molar-refractivity contribution >= 4 is 6.01 Å². The number of rotatable bonds is 7. The fourth-order valence-corrected chi connectivity index (χ4v) is 1.16. The highest BCUT2D eigenvalue weighted by molar-refractivity contribution is 5.16. The number of nitrogens with one attached hydrogen (secondary N) is 2. The molecule has 0 radical (unpaired) electrons. The maximum absolute atomic E-state index is 5.42. The minimum Gasteiger partial charge on any atom is -0.407 e. The van der Waals surface area contributed by atoms with Crippen LogP contribution in [0.1, 0.15) is 40.0 Å². The highest BCUT2D eigenvalue weighted by Gasteiger charge is 2.05. The van der Waals surface area contributed by atoms with Gasteiger partial charge >= 0.3 is 6.01 Å². The quantitative estimate of drug-likeness (QED) is 0.744. The molecule has 0 bridgehead atoms. The summed E-state index contributed by atoms with van der Waals surface area (Å²) in [5.74, 6) is 1.30. The standard InChI is InChI=1S/C11H22N4O/c1-8(2)5-6-12-11-15-14-10(16-11)7-13-9(3)4/h8-9,13H,5-7H2,1-4H3,(H,12,15). The first-order valence-electron chi connectivity index (χ1n) is 5.87. The lowest BCUT2D eigenvalue weighted by atomic mass is 10.1. The molecule has 1 aromatic rings. The molecule has 0 saturated heterocycles. The van der Waals surface area contributed by atoms with Crippen LogP contribution in [0.25, 0.3) is 0 Å². The summed E-state index contributed by atoms with van der Waals surface area (Å²) in [6.45, 7) is 10.0. The van der Waals surface area contributed by atoms with Gasteiger partial charge in [-0.2, -0.15) is 0 Å². The summed E-state index contributed by atoms with van der Waals surface area (Å²) >= 11 is 0. The Kier molecular flexibility index (Phi) is 5.25. The predicted octanol–water partition coefficient (Wildman–Crippen LogP) is 2.03. The van der Waals surface area contributed by atoms with Crippen molar-refractivity contribution in [2.24, 2.45) is 5.92 Å². The molecule has 0 aliphatic heterocycles. The second kappa shape index (κ2) is 6.48. The van der Waals surface area contributed by atoms with Crippen molar-refractivity contribution in [3.63, 3.8) is 0 Å². The van der Waals surface area contributed by atoms with Gasteiger partial charge in [0, 0.05) is 12.6 Å². The molecule has 0 spiro atoms. The zero-order valence-electron chi connectivity index (χ0n) is 10.6. The van der Waals surface area contributed by atoms with E-state index >= 15 is 0 Å². The first-order chi connectivity index (χ1) is 7.58. The lowest BCUT2D eigenvalue weighted by Crippen LogP contribution is -2.21. The number of hydrogen-bond acceptors (Lipinski definition) is 5. The maximum atomic E-state index is 5.42. The van der Waals surface area contributed by atoms with Gasteiger partial charge in [0.1, 0.15) is 0 Å². The molecule has 0 atom stereocenters. The molecule has 1 aromatic heterocycles. The van der Waals surface area contributed by atoms with Crippen molar-refractivity contribution in [3.05, 3.63) is 5.89 Å². The van der Waals surface area contributed by atoms with Crippen molar-refractivity contribution in [1.29, 1.82) is 0 Å². The van der Waals surface area contributed by atoms with Crippen LogP contribution >= 0.6 is 0 Å². The van der Waals surface area contributed by atoms with E-state index < -0.39 is 0 Å². The van der Waals surface area contributed by atoms with Crippen LogP contribution in [0.5, 0.6) is 0 Å². The topological polar surface area (TPSA) is 63.0 Å². The molecule has 1 rings (SSSR count). The Labute approximate surface area is 97.0 Å². The molecular formula is C11H22N4O. The van der Waals surface area contributed by atoms with E-state index in [2.05, 4.69) is 48.5 Å². The van der Waals surface area contributed by atoms with E-state index in [1.165, 1.54) is 0 Å². The molecule has 0 amide bonds. The Morgan fingerprint density at radius 2 is 1.94 bits per heavy atom. The minimum absolute atomic E-state index is 0.421. The summed E-state index contributed by atoms with van der Waals surface area (Å²) < 4.78 is 5.42. The van der Waals surface area contributed by atoms with Crippen molar-refractivity contribution < 1.29 is 4.42 Å². The summed E-state index contributed by atoms with van der Waals surface area (Å²) in [4.78, 5) is 0. The van der Waals surface area contributed by atoms with Gasteiger partial charge in [-0.25, -0.2) is 0 Å². The van der Waals surface area contributed by atoms with Gasteiger partial charge in [-0.1, -0.05) is 32.8 Å². The van der Waals surface area contributed by atoms with E-state index in [1.807, 2.05) is 0 Å². The monoisotopic (exact) mass is 226 g/mol. The van der Waals surface area contributed by atoms with E-state index in [9.17, 15) is 0 Å². The largest absolute Gasteiger partial charge is 0.407 e. The van der Waals surface area contributed by atoms with Gasteiger partial charge in [0.15, 0.2) is 0 Å². The molecule has 0 aromatic carbocycles. The van der Waals surface area contributed by atoms with E-state index in [4.69, 9.17) is 4.42 Å². The van der Waals surface area contributed by atoms with Crippen LogP contribution in [0, 0.1) is 5.92 Å². The predicted molar refractivity (Wildman–Crippen MR) is 64.2 cm³/mol. The Morgan fingerprint density at radius 1 is 1.19 bits per heavy atom. The summed E-state index contributed by atoms with van der Waals surface area (Å²) in [5, 5.41) is 14.2. The summed E-state index contributed by atoms with van der Waals surface area (Å²) in [7, 11) is 0. The van der Waals surface area contributed by atoms with Crippen LogP contribution in [-0.4, -0.2) is 22.8 Å². The highest BCUT2D eigenvalue weighted by Crippen LogP contribution is 2.06. The SMILES string of the molecule is CC(C)CCNc1nnc(CNC(C)C)o1. The summed E-state index contributed by atoms with van der Waals surface area (Å²) in [6, 6.07) is 0.936. The van der Waals surface area contributed by atoms with Gasteiger partial charge in [-0.3, -0.25) is 0 Å². The van der Waals surface area contributed by atoms with E-state index in [1.54, 1.807) is 0 Å². The van der Waals surface area contributed by atoms with Crippen molar-refractivity contribution in [1.82, 2.24) is 15.5 Å². The van der Waals surface area contributed by atoms with Crippen LogP contribution in [0.3, 0.4) is 0 Å². The normalized spacial score (nSPS) is 11.4. The number of anilines is 1. The third-order valence-corrected chi connectivity index (χ3v) is 2.13. The molecule has 0 aliphatic carbocycles. The fraction of sp³-hybridized carbons (Fsp3) is 0.818. The fourth-order valence-electron chi connectivity index (χ4n) is 1.16. The van der Waals surface area contributed by atoms with Gasteiger partial charge in [0.25, 0.3) is 0 Å². The average molecular weight is 226 g/mol. The Morgan fingerprint density at radius 3 is 2.56 bits per heavy atom. The van der Waals surface area contributed by atoms with Crippen LogP contribution < -0.4 is 10.6 Å². The molecule has 0 fully saturated rings. The lowest BCUT2D eigenvalue weighted by molar-refractivity contribution is 0.457. The molecule has 0 saturated carbocycles. The Hall–Kier alpha value is -1.10. The molecule has 92 valence electrons. The van der Waals surface area contributed by atoms with Crippen molar-refractivity contribution in [3.8, 4) is 0 Å². The molecule has 0 unspecified atom stereocenters. The van der Waals surface area contributed by atoms with Gasteiger partial charge in [-0.05, 0) is 12.3 Å². The molecule has 16 heavy (non-hydrogen) atoms. The molecule has 5 nitrogen and oxygen atoms in total. The van der Waals surface area contributed by atoms with E-state index in [0.717, 1.165) is 13.0 Å². The van der Waals surface area contributed by atoms with Gasteiger partial charge in [0.05, 0.1) is 6.54 Å². The average Bonchev–Trinajstić information content (AvgIpc) is 2.62. The van der Waals surface area contributed by atoms with Crippen molar-refractivity contribution in [2.45, 2.75) is 46.7 Å². The molecule has 5 heteroatoms. The highest BCUT2D eigenvalue weighted by atomic mass is 16.4. The van der Waals surface area contributed by atoms with Gasteiger partial charge in [0.2, 0.25) is 5.89 Å². The van der Waals surface area contributed by atoms with Gasteiger partial charge in [-0.15, -0.1) is 5.10 Å². The maximum Gasteiger partial charge on any atom is 0.315 e. The van der Waals surface area contributed by atoms with Gasteiger partial charge < -0.3 is 15.1 Å². The molecule has 1 heterocycles. The summed E-state index contributed by atoms with van der Waals surface area (Å²) in [6.07, 6.45) is 1.10. The second-order valence-corrected chi connectivity index (χ2v) is 4.65. The van der Waals surface area contributed by atoms with Crippen LogP contribution in [0.2, 0.25) is 0 Å². The Bertz CT molecular complexity index is 296. The van der Waals surface area contributed by atoms with Crippen molar-refractivity contribution in [2.75, 3.05) is 11.9 Å². The minimum atomic E-state index is 0.421. The second-order valence-electron chi connectivity index (χ2n) is 4.65.